The number of nitrogens with one attached hydrogen (secondary N) is 2. The van der Waals surface area contributed by atoms with E-state index in [1.165, 1.54) is 12.6 Å². The average molecular weight is 289 g/mol. The van der Waals surface area contributed by atoms with E-state index in [1.807, 2.05) is 24.4 Å². The van der Waals surface area contributed by atoms with Gasteiger partial charge in [0.05, 0.1) is 22.1 Å². The minimum atomic E-state index is -3.36. The van der Waals surface area contributed by atoms with Gasteiger partial charge in [-0.05, 0) is 42.8 Å². The summed E-state index contributed by atoms with van der Waals surface area (Å²) in [5, 5.41) is 2.10. The molecule has 0 bridgehead atoms. The van der Waals surface area contributed by atoms with Crippen LogP contribution in [0.4, 0.5) is 0 Å². The fourth-order valence-electron chi connectivity index (χ4n) is 2.33. The summed E-state index contributed by atoms with van der Waals surface area (Å²) in [7, 11) is -1.95. The first kappa shape index (κ1) is 13.1. The summed E-state index contributed by atoms with van der Waals surface area (Å²) in [4.78, 5) is 7.91. The summed E-state index contributed by atoms with van der Waals surface area (Å²) in [5.74, 6) is 0. The van der Waals surface area contributed by atoms with Crippen LogP contribution in [0.3, 0.4) is 0 Å². The van der Waals surface area contributed by atoms with Crippen molar-refractivity contribution in [3.05, 3.63) is 52.8 Å². The SMILES string of the molecule is CNS(=O)(=O)c1ccc(CC2=c3[nH]ccc3=NC2)cc1. The molecule has 1 aliphatic heterocycles. The molecule has 0 saturated heterocycles. The minimum absolute atomic E-state index is 0.283. The summed E-state index contributed by atoms with van der Waals surface area (Å²) in [6.45, 7) is 0.707. The Labute approximate surface area is 117 Å². The lowest BCUT2D eigenvalue weighted by Gasteiger charge is -2.05. The first-order chi connectivity index (χ1) is 9.60. The maximum absolute atomic E-state index is 11.6. The molecule has 5 nitrogen and oxygen atoms in total. The number of hydrogen-bond acceptors (Lipinski definition) is 3. The summed E-state index contributed by atoms with van der Waals surface area (Å²) in [6.07, 6.45) is 2.66. The molecule has 2 heterocycles. The molecule has 0 aliphatic carbocycles. The minimum Gasteiger partial charge on any atom is -0.360 e. The van der Waals surface area contributed by atoms with Gasteiger partial charge in [0.15, 0.2) is 0 Å². The molecular weight excluding hydrogens is 274 g/mol. The number of H-pyrrole nitrogens is 1. The van der Waals surface area contributed by atoms with E-state index in [-0.39, 0.29) is 4.90 Å². The van der Waals surface area contributed by atoms with Crippen LogP contribution in [0, 0.1) is 0 Å². The van der Waals surface area contributed by atoms with Gasteiger partial charge in [-0.1, -0.05) is 12.1 Å². The maximum Gasteiger partial charge on any atom is 0.240 e. The van der Waals surface area contributed by atoms with Gasteiger partial charge in [0.2, 0.25) is 10.0 Å². The third-order valence-electron chi connectivity index (χ3n) is 3.44. The molecule has 0 saturated carbocycles. The number of nitrogens with zero attached hydrogens (tertiary/aromatic N) is 1. The van der Waals surface area contributed by atoms with Crippen LogP contribution in [0.15, 0.2) is 46.4 Å². The van der Waals surface area contributed by atoms with E-state index < -0.39 is 10.0 Å². The van der Waals surface area contributed by atoms with Crippen molar-refractivity contribution in [2.45, 2.75) is 11.3 Å². The van der Waals surface area contributed by atoms with Crippen molar-refractivity contribution in [3.8, 4) is 0 Å². The lowest BCUT2D eigenvalue weighted by atomic mass is 10.1. The molecule has 1 aromatic carbocycles. The fraction of sp³-hybridized carbons (Fsp3) is 0.214. The van der Waals surface area contributed by atoms with Crippen LogP contribution >= 0.6 is 0 Å². The van der Waals surface area contributed by atoms with E-state index in [4.69, 9.17) is 0 Å². The van der Waals surface area contributed by atoms with Gasteiger partial charge >= 0.3 is 0 Å². The van der Waals surface area contributed by atoms with E-state index in [0.29, 0.717) is 6.54 Å². The van der Waals surface area contributed by atoms with Crippen molar-refractivity contribution in [2.75, 3.05) is 13.6 Å². The Morgan fingerprint density at radius 2 is 2.00 bits per heavy atom. The lowest BCUT2D eigenvalue weighted by Crippen LogP contribution is -2.21. The molecule has 104 valence electrons. The van der Waals surface area contributed by atoms with Crippen molar-refractivity contribution in [1.29, 1.82) is 0 Å². The fourth-order valence-corrected chi connectivity index (χ4v) is 3.06. The Kier molecular flexibility index (Phi) is 3.19. The second-order valence-corrected chi connectivity index (χ2v) is 6.57. The number of hydrogen-bond donors (Lipinski definition) is 2. The Morgan fingerprint density at radius 3 is 2.70 bits per heavy atom. The number of aromatic nitrogens is 1. The predicted octanol–water partition coefficient (Wildman–Crippen LogP) is -0.0506. The van der Waals surface area contributed by atoms with Gasteiger partial charge in [-0.2, -0.15) is 0 Å². The predicted molar refractivity (Wildman–Crippen MR) is 76.2 cm³/mol. The molecule has 0 spiro atoms. The highest BCUT2D eigenvalue weighted by Gasteiger charge is 2.12. The summed E-state index contributed by atoms with van der Waals surface area (Å²) < 4.78 is 25.6. The first-order valence-corrected chi connectivity index (χ1v) is 7.81. The molecule has 0 unspecified atom stereocenters. The monoisotopic (exact) mass is 289 g/mol. The van der Waals surface area contributed by atoms with Crippen LogP contribution in [0.25, 0.3) is 5.57 Å². The zero-order chi connectivity index (χ0) is 14.2. The van der Waals surface area contributed by atoms with Gasteiger partial charge in [-0.3, -0.25) is 4.99 Å². The number of rotatable bonds is 4. The van der Waals surface area contributed by atoms with E-state index in [1.54, 1.807) is 12.1 Å². The van der Waals surface area contributed by atoms with Crippen molar-refractivity contribution in [3.63, 3.8) is 0 Å². The topological polar surface area (TPSA) is 74.3 Å². The van der Waals surface area contributed by atoms with Crippen molar-refractivity contribution >= 4 is 15.6 Å². The number of aromatic amines is 1. The molecule has 0 radical (unpaired) electrons. The van der Waals surface area contributed by atoms with Crippen LogP contribution in [-0.4, -0.2) is 27.0 Å². The van der Waals surface area contributed by atoms with Crippen LogP contribution in [0.5, 0.6) is 0 Å². The molecule has 2 N–H and O–H groups in total. The highest BCUT2D eigenvalue weighted by atomic mass is 32.2. The largest absolute Gasteiger partial charge is 0.360 e. The highest BCUT2D eigenvalue weighted by molar-refractivity contribution is 7.89. The molecular formula is C14H15N3O2S. The van der Waals surface area contributed by atoms with Gasteiger partial charge in [0.1, 0.15) is 0 Å². The molecule has 3 rings (SSSR count). The van der Waals surface area contributed by atoms with Gasteiger partial charge in [0.25, 0.3) is 0 Å². The van der Waals surface area contributed by atoms with Crippen molar-refractivity contribution in [1.82, 2.24) is 9.71 Å². The summed E-state index contributed by atoms with van der Waals surface area (Å²) in [6, 6.07) is 8.91. The quantitative estimate of drug-likeness (QED) is 0.828. The zero-order valence-electron chi connectivity index (χ0n) is 11.1. The molecule has 2 aromatic rings. The Balaban J connectivity index is 1.88. The lowest BCUT2D eigenvalue weighted by molar-refractivity contribution is 0.588. The molecule has 0 fully saturated rings. The van der Waals surface area contributed by atoms with Gasteiger partial charge in [0, 0.05) is 6.20 Å². The van der Waals surface area contributed by atoms with Gasteiger partial charge in [-0.25, -0.2) is 13.1 Å². The normalized spacial score (nSPS) is 14.2. The number of fused-ring (bicyclic) bond motifs is 1. The van der Waals surface area contributed by atoms with E-state index in [2.05, 4.69) is 14.7 Å². The summed E-state index contributed by atoms with van der Waals surface area (Å²) >= 11 is 0. The van der Waals surface area contributed by atoms with Crippen LogP contribution in [-0.2, 0) is 16.4 Å². The molecule has 0 amide bonds. The Morgan fingerprint density at radius 1 is 1.25 bits per heavy atom. The maximum atomic E-state index is 11.6. The van der Waals surface area contributed by atoms with Crippen LogP contribution in [0.2, 0.25) is 0 Å². The zero-order valence-corrected chi connectivity index (χ0v) is 11.9. The Bertz CT molecular complexity index is 849. The first-order valence-electron chi connectivity index (χ1n) is 6.32. The Hall–Kier alpha value is -1.92. The molecule has 20 heavy (non-hydrogen) atoms. The number of benzene rings is 1. The second kappa shape index (κ2) is 4.88. The van der Waals surface area contributed by atoms with E-state index in [9.17, 15) is 8.42 Å². The summed E-state index contributed by atoms with van der Waals surface area (Å²) in [5.41, 5.74) is 2.31. The molecule has 1 aromatic heterocycles. The van der Waals surface area contributed by atoms with Crippen molar-refractivity contribution in [2.24, 2.45) is 4.99 Å². The van der Waals surface area contributed by atoms with Gasteiger partial charge < -0.3 is 4.98 Å². The third kappa shape index (κ3) is 2.28. The molecule has 6 heteroatoms. The second-order valence-electron chi connectivity index (χ2n) is 4.69. The van der Waals surface area contributed by atoms with Crippen LogP contribution < -0.4 is 15.4 Å². The van der Waals surface area contributed by atoms with Gasteiger partial charge in [-0.15, -0.1) is 0 Å². The smallest absolute Gasteiger partial charge is 0.240 e. The standard InChI is InChI=1S/C14H15N3O2S/c1-15-20(18,19)12-4-2-10(3-5-12)8-11-9-17-13-6-7-16-14(11)13/h2-7,15-16H,8-9H2,1H3. The van der Waals surface area contributed by atoms with E-state index >= 15 is 0 Å². The van der Waals surface area contributed by atoms with E-state index in [0.717, 1.165) is 22.7 Å². The van der Waals surface area contributed by atoms with Crippen molar-refractivity contribution < 1.29 is 8.42 Å². The van der Waals surface area contributed by atoms with Crippen LogP contribution in [0.1, 0.15) is 5.56 Å². The molecule has 0 atom stereocenters. The highest BCUT2D eigenvalue weighted by Crippen LogP contribution is 2.14. The number of sulfonamides is 1. The average Bonchev–Trinajstić information content (AvgIpc) is 3.04. The third-order valence-corrected chi connectivity index (χ3v) is 4.87. The molecule has 1 aliphatic rings.